The van der Waals surface area contributed by atoms with E-state index in [1.165, 1.54) is 12.4 Å². The lowest BCUT2D eigenvalue weighted by atomic mass is 9.92. The van der Waals surface area contributed by atoms with Gasteiger partial charge in [0.05, 0.1) is 0 Å². The molecule has 0 bridgehead atoms. The molecule has 25 heavy (non-hydrogen) atoms. The van der Waals surface area contributed by atoms with E-state index < -0.39 is 0 Å². The third-order valence-corrected chi connectivity index (χ3v) is 4.69. The number of nitrogens with zero attached hydrogens (tertiary/aromatic N) is 3. The Hall–Kier alpha value is -2.46. The zero-order chi connectivity index (χ0) is 17.6. The fourth-order valence-corrected chi connectivity index (χ4v) is 3.11. The Labute approximate surface area is 154 Å². The highest BCUT2D eigenvalue weighted by Crippen LogP contribution is 2.24. The Kier molecular flexibility index (Phi) is 5.61. The number of hydrogen-bond acceptors (Lipinski definition) is 5. The molecule has 1 saturated carbocycles. The van der Waals surface area contributed by atoms with E-state index in [2.05, 4.69) is 31.2 Å². The lowest BCUT2D eigenvalue weighted by Gasteiger charge is -2.29. The van der Waals surface area contributed by atoms with Crippen molar-refractivity contribution >= 4 is 21.8 Å². The lowest BCUT2D eigenvalue weighted by Crippen LogP contribution is -2.39. The van der Waals surface area contributed by atoms with E-state index in [9.17, 15) is 4.79 Å². The Bertz CT molecular complexity index is 780. The molecule has 128 valence electrons. The average molecular weight is 401 g/mol. The summed E-state index contributed by atoms with van der Waals surface area (Å²) < 4.78 is 6.76. The predicted molar refractivity (Wildman–Crippen MR) is 95.0 cm³/mol. The number of rotatable bonds is 4. The van der Waals surface area contributed by atoms with Crippen LogP contribution in [-0.4, -0.2) is 28.0 Å². The summed E-state index contributed by atoms with van der Waals surface area (Å²) in [7, 11) is 0. The number of nitriles is 1. The minimum atomic E-state index is -0.0578. The lowest BCUT2D eigenvalue weighted by molar-refractivity contribution is 0.0889. The van der Waals surface area contributed by atoms with Gasteiger partial charge in [-0.1, -0.05) is 15.9 Å². The molecule has 3 rings (SSSR count). The summed E-state index contributed by atoms with van der Waals surface area (Å²) in [4.78, 5) is 20.3. The molecule has 0 atom stereocenters. The standard InChI is InChI=1S/C18H17BrN4O2/c19-13-3-1-12(2-4-13)17(24)23-14-5-7-15(8-6-14)25-18-16(11-20)21-9-10-22-18/h1-4,9-10,14-15H,5-8H2,(H,23,24). The van der Waals surface area contributed by atoms with E-state index in [1.807, 2.05) is 18.2 Å². The van der Waals surface area contributed by atoms with Gasteiger partial charge >= 0.3 is 0 Å². The maximum atomic E-state index is 12.3. The number of aromatic nitrogens is 2. The summed E-state index contributed by atoms with van der Waals surface area (Å²) in [5.41, 5.74) is 0.855. The Morgan fingerprint density at radius 1 is 1.16 bits per heavy atom. The molecule has 0 unspecified atom stereocenters. The van der Waals surface area contributed by atoms with Gasteiger partial charge in [0, 0.05) is 28.5 Å². The molecule has 6 nitrogen and oxygen atoms in total. The maximum absolute atomic E-state index is 12.3. The average Bonchev–Trinajstić information content (AvgIpc) is 2.64. The zero-order valence-corrected chi connectivity index (χ0v) is 15.1. The molecule has 1 amide bonds. The normalized spacial score (nSPS) is 19.7. The van der Waals surface area contributed by atoms with Crippen molar-refractivity contribution in [1.29, 1.82) is 5.26 Å². The summed E-state index contributed by atoms with van der Waals surface area (Å²) in [6, 6.07) is 9.42. The van der Waals surface area contributed by atoms with Crippen LogP contribution in [0.3, 0.4) is 0 Å². The molecule has 1 aliphatic rings. The first-order valence-electron chi connectivity index (χ1n) is 8.10. The molecule has 1 aromatic heterocycles. The van der Waals surface area contributed by atoms with Gasteiger partial charge in [0.25, 0.3) is 11.8 Å². The van der Waals surface area contributed by atoms with Crippen LogP contribution in [0.5, 0.6) is 5.88 Å². The van der Waals surface area contributed by atoms with Gasteiger partial charge < -0.3 is 10.1 Å². The van der Waals surface area contributed by atoms with Crippen molar-refractivity contribution in [2.24, 2.45) is 0 Å². The van der Waals surface area contributed by atoms with Crippen molar-refractivity contribution in [2.75, 3.05) is 0 Å². The Balaban J connectivity index is 1.51. The van der Waals surface area contributed by atoms with Crippen LogP contribution >= 0.6 is 15.9 Å². The number of benzene rings is 1. The third kappa shape index (κ3) is 4.54. The van der Waals surface area contributed by atoms with Crippen molar-refractivity contribution in [3.63, 3.8) is 0 Å². The molecule has 1 heterocycles. The zero-order valence-electron chi connectivity index (χ0n) is 13.5. The van der Waals surface area contributed by atoms with Crippen LogP contribution in [0.1, 0.15) is 41.7 Å². The monoisotopic (exact) mass is 400 g/mol. The first kappa shape index (κ1) is 17.4. The number of hydrogen-bond donors (Lipinski definition) is 1. The first-order valence-corrected chi connectivity index (χ1v) is 8.89. The minimum absolute atomic E-state index is 0.00960. The largest absolute Gasteiger partial charge is 0.472 e. The first-order chi connectivity index (χ1) is 12.2. The SMILES string of the molecule is N#Cc1nccnc1OC1CCC(NC(=O)c2ccc(Br)cc2)CC1. The van der Waals surface area contributed by atoms with E-state index in [0.717, 1.165) is 30.2 Å². The van der Waals surface area contributed by atoms with Crippen LogP contribution in [0.25, 0.3) is 0 Å². The molecule has 0 aliphatic heterocycles. The Morgan fingerprint density at radius 2 is 1.84 bits per heavy atom. The summed E-state index contributed by atoms with van der Waals surface area (Å²) in [5.74, 6) is 0.227. The van der Waals surface area contributed by atoms with Gasteiger partial charge in [-0.3, -0.25) is 4.79 Å². The highest BCUT2D eigenvalue weighted by atomic mass is 79.9. The smallest absolute Gasteiger partial charge is 0.251 e. The van der Waals surface area contributed by atoms with Crippen molar-refractivity contribution in [1.82, 2.24) is 15.3 Å². The van der Waals surface area contributed by atoms with E-state index >= 15 is 0 Å². The van der Waals surface area contributed by atoms with Gasteiger partial charge in [-0.05, 0) is 49.9 Å². The summed E-state index contributed by atoms with van der Waals surface area (Å²) in [6.45, 7) is 0. The van der Waals surface area contributed by atoms with Crippen molar-refractivity contribution in [3.8, 4) is 11.9 Å². The molecule has 1 aromatic carbocycles. The Morgan fingerprint density at radius 3 is 2.52 bits per heavy atom. The van der Waals surface area contributed by atoms with E-state index in [0.29, 0.717) is 5.56 Å². The minimum Gasteiger partial charge on any atom is -0.472 e. The van der Waals surface area contributed by atoms with Crippen molar-refractivity contribution in [3.05, 3.63) is 52.4 Å². The van der Waals surface area contributed by atoms with Crippen LogP contribution in [0.2, 0.25) is 0 Å². The van der Waals surface area contributed by atoms with Gasteiger partial charge in [-0.25, -0.2) is 9.97 Å². The molecule has 0 radical (unpaired) electrons. The number of carbonyl (C=O) groups excluding carboxylic acids is 1. The number of nitrogens with one attached hydrogen (secondary N) is 1. The molecule has 1 N–H and O–H groups in total. The van der Waals surface area contributed by atoms with Crippen molar-refractivity contribution < 1.29 is 9.53 Å². The number of amides is 1. The molecule has 1 aliphatic carbocycles. The van der Waals surface area contributed by atoms with Gasteiger partial charge in [-0.15, -0.1) is 0 Å². The van der Waals surface area contributed by atoms with Crippen LogP contribution in [-0.2, 0) is 0 Å². The maximum Gasteiger partial charge on any atom is 0.251 e. The summed E-state index contributed by atoms with van der Waals surface area (Å²) in [6.07, 6.45) is 6.23. The molecule has 0 spiro atoms. The van der Waals surface area contributed by atoms with Crippen LogP contribution in [0.4, 0.5) is 0 Å². The molecular weight excluding hydrogens is 384 g/mol. The highest BCUT2D eigenvalue weighted by molar-refractivity contribution is 9.10. The van der Waals surface area contributed by atoms with Crippen molar-refractivity contribution in [2.45, 2.75) is 37.8 Å². The van der Waals surface area contributed by atoms with E-state index in [4.69, 9.17) is 10.00 Å². The number of ether oxygens (including phenoxy) is 1. The highest BCUT2D eigenvalue weighted by Gasteiger charge is 2.25. The van der Waals surface area contributed by atoms with Crippen LogP contribution in [0.15, 0.2) is 41.1 Å². The van der Waals surface area contributed by atoms with E-state index in [-0.39, 0.29) is 29.6 Å². The quantitative estimate of drug-likeness (QED) is 0.850. The van der Waals surface area contributed by atoms with Gasteiger partial charge in [0.2, 0.25) is 5.69 Å². The number of halogens is 1. The summed E-state index contributed by atoms with van der Waals surface area (Å²) in [5, 5.41) is 12.1. The summed E-state index contributed by atoms with van der Waals surface area (Å²) >= 11 is 3.36. The van der Waals surface area contributed by atoms with Gasteiger partial charge in [0.1, 0.15) is 12.2 Å². The van der Waals surface area contributed by atoms with Crippen LogP contribution in [0, 0.1) is 11.3 Å². The second-order valence-corrected chi connectivity index (χ2v) is 6.81. The second-order valence-electron chi connectivity index (χ2n) is 5.89. The molecule has 0 saturated heterocycles. The topological polar surface area (TPSA) is 87.9 Å². The fraction of sp³-hybridized carbons (Fsp3) is 0.333. The third-order valence-electron chi connectivity index (χ3n) is 4.16. The molecular formula is C18H17BrN4O2. The molecule has 2 aromatic rings. The number of carbonyl (C=O) groups is 1. The molecule has 7 heteroatoms. The second kappa shape index (κ2) is 8.08. The predicted octanol–water partition coefficient (Wildman–Crippen LogP) is 3.23. The van der Waals surface area contributed by atoms with Gasteiger partial charge in [-0.2, -0.15) is 5.26 Å². The van der Waals surface area contributed by atoms with E-state index in [1.54, 1.807) is 12.1 Å². The van der Waals surface area contributed by atoms with Crippen LogP contribution < -0.4 is 10.1 Å². The molecule has 1 fully saturated rings. The fourth-order valence-electron chi connectivity index (χ4n) is 2.84. The van der Waals surface area contributed by atoms with Gasteiger partial charge in [0.15, 0.2) is 0 Å².